The normalized spacial score (nSPS) is 15.5. The van der Waals surface area contributed by atoms with Gasteiger partial charge in [-0.15, -0.1) is 5.10 Å². The first-order valence-corrected chi connectivity index (χ1v) is 10.5. The Morgan fingerprint density at radius 1 is 1.11 bits per heavy atom. The number of carbonyl (C=O) groups excluding carboxylic acids is 1. The lowest BCUT2D eigenvalue weighted by molar-refractivity contribution is -0.115. The number of nitrogens with zero attached hydrogens (tertiary/aromatic N) is 4. The smallest absolute Gasteiger partial charge is 0.242 e. The van der Waals surface area contributed by atoms with Crippen LogP contribution in [0.5, 0.6) is 0 Å². The number of rotatable bonds is 6. The van der Waals surface area contributed by atoms with Crippen molar-refractivity contribution in [3.05, 3.63) is 65.7 Å². The average Bonchev–Trinajstić information content (AvgIpc) is 3.40. The van der Waals surface area contributed by atoms with Crippen LogP contribution in [0.15, 0.2) is 59.8 Å². The van der Waals surface area contributed by atoms with Crippen LogP contribution in [0.1, 0.15) is 48.1 Å². The third-order valence-corrected chi connectivity index (χ3v) is 6.22. The van der Waals surface area contributed by atoms with E-state index in [9.17, 15) is 4.79 Å². The van der Waals surface area contributed by atoms with Gasteiger partial charge in [0.1, 0.15) is 5.25 Å². The average molecular weight is 394 g/mol. The summed E-state index contributed by atoms with van der Waals surface area (Å²) in [6, 6.07) is 17.9. The fourth-order valence-corrected chi connectivity index (χ4v) is 4.54. The standard InChI is InChI=1S/C21H23N5OS/c1-15-11-13-17(14-12-15)22-20(27)19(16-7-3-2-4-8-16)28-21-23-24-25-26(21)18-9-5-6-10-18/h2-4,7-8,11-14,18-19H,5-6,9-10H2,1H3,(H,22,27)/t19-/m1/s1. The number of aromatic nitrogens is 4. The highest BCUT2D eigenvalue weighted by molar-refractivity contribution is 8.00. The molecule has 0 saturated heterocycles. The maximum Gasteiger partial charge on any atom is 0.242 e. The van der Waals surface area contributed by atoms with Crippen molar-refractivity contribution in [3.8, 4) is 0 Å². The molecule has 144 valence electrons. The highest BCUT2D eigenvalue weighted by Gasteiger charge is 2.28. The van der Waals surface area contributed by atoms with Crippen LogP contribution in [0, 0.1) is 6.92 Å². The van der Waals surface area contributed by atoms with E-state index in [1.807, 2.05) is 66.2 Å². The molecule has 1 aliphatic rings. The minimum atomic E-state index is -0.436. The van der Waals surface area contributed by atoms with Gasteiger partial charge in [-0.1, -0.05) is 72.6 Å². The molecule has 0 unspecified atom stereocenters. The number of nitrogens with one attached hydrogen (secondary N) is 1. The summed E-state index contributed by atoms with van der Waals surface area (Å²) in [5.41, 5.74) is 2.87. The summed E-state index contributed by atoms with van der Waals surface area (Å²) in [4.78, 5) is 13.1. The van der Waals surface area contributed by atoms with Crippen LogP contribution in [0.25, 0.3) is 0 Å². The van der Waals surface area contributed by atoms with Crippen molar-refractivity contribution >= 4 is 23.4 Å². The topological polar surface area (TPSA) is 72.7 Å². The fourth-order valence-electron chi connectivity index (χ4n) is 3.49. The van der Waals surface area contributed by atoms with Gasteiger partial charge in [0.05, 0.1) is 6.04 Å². The zero-order valence-corrected chi connectivity index (χ0v) is 16.6. The van der Waals surface area contributed by atoms with Crippen LogP contribution in [0.3, 0.4) is 0 Å². The Hall–Kier alpha value is -2.67. The van der Waals surface area contributed by atoms with E-state index in [0.717, 1.165) is 29.7 Å². The molecule has 0 spiro atoms. The molecule has 1 atom stereocenters. The molecule has 1 heterocycles. The van der Waals surface area contributed by atoms with Gasteiger partial charge in [0.15, 0.2) is 0 Å². The van der Waals surface area contributed by atoms with Crippen molar-refractivity contribution in [3.63, 3.8) is 0 Å². The molecule has 6 nitrogen and oxygen atoms in total. The molecule has 28 heavy (non-hydrogen) atoms. The number of hydrogen-bond acceptors (Lipinski definition) is 5. The second kappa shape index (κ2) is 8.56. The Morgan fingerprint density at radius 2 is 1.82 bits per heavy atom. The first kappa shape index (κ1) is 18.7. The second-order valence-corrected chi connectivity index (χ2v) is 8.18. The summed E-state index contributed by atoms with van der Waals surface area (Å²) < 4.78 is 1.90. The predicted molar refractivity (Wildman–Crippen MR) is 110 cm³/mol. The van der Waals surface area contributed by atoms with E-state index in [4.69, 9.17) is 0 Å². The maximum absolute atomic E-state index is 13.1. The molecule has 2 aromatic carbocycles. The van der Waals surface area contributed by atoms with Gasteiger partial charge in [0, 0.05) is 5.69 Å². The summed E-state index contributed by atoms with van der Waals surface area (Å²) in [7, 11) is 0. The highest BCUT2D eigenvalue weighted by atomic mass is 32.2. The molecular formula is C21H23N5OS. The predicted octanol–water partition coefficient (Wildman–Crippen LogP) is 4.57. The van der Waals surface area contributed by atoms with Crippen LogP contribution >= 0.6 is 11.8 Å². The van der Waals surface area contributed by atoms with Gasteiger partial charge in [0.25, 0.3) is 0 Å². The Balaban J connectivity index is 1.58. The number of benzene rings is 2. The van der Waals surface area contributed by atoms with E-state index in [1.54, 1.807) is 0 Å². The third kappa shape index (κ3) is 4.25. The Labute approximate surface area is 168 Å². The Morgan fingerprint density at radius 3 is 2.54 bits per heavy atom. The molecule has 7 heteroatoms. The Bertz CT molecular complexity index is 919. The lowest BCUT2D eigenvalue weighted by Crippen LogP contribution is -2.20. The van der Waals surface area contributed by atoms with Gasteiger partial charge in [-0.25, -0.2) is 4.68 Å². The summed E-state index contributed by atoms with van der Waals surface area (Å²) in [5, 5.41) is 15.6. The van der Waals surface area contributed by atoms with Gasteiger partial charge in [0.2, 0.25) is 11.1 Å². The van der Waals surface area contributed by atoms with Crippen molar-refractivity contribution in [1.29, 1.82) is 0 Å². The molecular weight excluding hydrogens is 370 g/mol. The maximum atomic E-state index is 13.1. The molecule has 1 N–H and O–H groups in total. The number of anilines is 1. The molecule has 1 fully saturated rings. The summed E-state index contributed by atoms with van der Waals surface area (Å²) >= 11 is 1.41. The minimum Gasteiger partial charge on any atom is -0.325 e. The van der Waals surface area contributed by atoms with Gasteiger partial charge in [-0.3, -0.25) is 4.79 Å². The van der Waals surface area contributed by atoms with E-state index < -0.39 is 5.25 Å². The van der Waals surface area contributed by atoms with Crippen LogP contribution in [-0.2, 0) is 4.79 Å². The summed E-state index contributed by atoms with van der Waals surface area (Å²) in [6.45, 7) is 2.02. The fraction of sp³-hybridized carbons (Fsp3) is 0.333. The van der Waals surface area contributed by atoms with E-state index in [-0.39, 0.29) is 5.91 Å². The van der Waals surface area contributed by atoms with E-state index in [2.05, 4.69) is 20.8 Å². The number of tetrazole rings is 1. The van der Waals surface area contributed by atoms with E-state index in [1.165, 1.54) is 24.6 Å². The zero-order valence-electron chi connectivity index (χ0n) is 15.8. The van der Waals surface area contributed by atoms with Crippen molar-refractivity contribution in [2.24, 2.45) is 0 Å². The highest BCUT2D eigenvalue weighted by Crippen LogP contribution is 2.38. The van der Waals surface area contributed by atoms with E-state index >= 15 is 0 Å². The first-order valence-electron chi connectivity index (χ1n) is 9.58. The first-order chi connectivity index (χ1) is 13.7. The minimum absolute atomic E-state index is 0.0824. The molecule has 1 saturated carbocycles. The van der Waals surface area contributed by atoms with E-state index in [0.29, 0.717) is 11.2 Å². The molecule has 1 amide bonds. The summed E-state index contributed by atoms with van der Waals surface area (Å²) in [6.07, 6.45) is 4.57. The van der Waals surface area contributed by atoms with Gasteiger partial charge < -0.3 is 5.32 Å². The number of aryl methyl sites for hydroxylation is 1. The number of thioether (sulfide) groups is 1. The molecule has 0 bridgehead atoms. The summed E-state index contributed by atoms with van der Waals surface area (Å²) in [5.74, 6) is -0.0824. The number of carbonyl (C=O) groups is 1. The molecule has 0 aliphatic heterocycles. The second-order valence-electron chi connectivity index (χ2n) is 7.11. The molecule has 0 radical (unpaired) electrons. The molecule has 3 aromatic rings. The number of hydrogen-bond donors (Lipinski definition) is 1. The van der Waals surface area contributed by atoms with Crippen LogP contribution in [0.2, 0.25) is 0 Å². The van der Waals surface area contributed by atoms with Crippen LogP contribution in [-0.4, -0.2) is 26.1 Å². The zero-order chi connectivity index (χ0) is 19.3. The quantitative estimate of drug-likeness (QED) is 0.621. The lowest BCUT2D eigenvalue weighted by atomic mass is 10.1. The van der Waals surface area contributed by atoms with Crippen LogP contribution in [0.4, 0.5) is 5.69 Å². The monoisotopic (exact) mass is 393 g/mol. The van der Waals surface area contributed by atoms with Gasteiger partial charge in [-0.05, 0) is 47.9 Å². The largest absolute Gasteiger partial charge is 0.325 e. The van der Waals surface area contributed by atoms with Gasteiger partial charge in [-0.2, -0.15) is 0 Å². The number of amides is 1. The molecule has 4 rings (SSSR count). The van der Waals surface area contributed by atoms with Crippen molar-refractivity contribution < 1.29 is 4.79 Å². The molecule has 1 aliphatic carbocycles. The third-order valence-electron chi connectivity index (χ3n) is 5.02. The Kier molecular flexibility index (Phi) is 5.71. The lowest BCUT2D eigenvalue weighted by Gasteiger charge is -2.18. The molecule has 1 aromatic heterocycles. The van der Waals surface area contributed by atoms with Gasteiger partial charge >= 0.3 is 0 Å². The SMILES string of the molecule is Cc1ccc(NC(=O)[C@H](Sc2nnnn2C2CCCC2)c2ccccc2)cc1. The van der Waals surface area contributed by atoms with Crippen molar-refractivity contribution in [2.45, 2.75) is 49.1 Å². The van der Waals surface area contributed by atoms with Crippen molar-refractivity contribution in [2.75, 3.05) is 5.32 Å². The van der Waals surface area contributed by atoms with Crippen LogP contribution < -0.4 is 5.32 Å². The van der Waals surface area contributed by atoms with Crippen molar-refractivity contribution in [1.82, 2.24) is 20.2 Å².